The van der Waals surface area contributed by atoms with Crippen LogP contribution in [0.2, 0.25) is 5.02 Å². The third-order valence-electron chi connectivity index (χ3n) is 17.1. The van der Waals surface area contributed by atoms with Gasteiger partial charge in [-0.05, 0) is 179 Å². The molecule has 3 fully saturated rings. The van der Waals surface area contributed by atoms with E-state index in [0.717, 1.165) is 67.5 Å². The van der Waals surface area contributed by atoms with Crippen molar-refractivity contribution < 1.29 is 79.0 Å². The zero-order chi connectivity index (χ0) is 64.4. The van der Waals surface area contributed by atoms with E-state index in [9.17, 15) is 10.5 Å². The number of nitrogens with zero attached hydrogens (tertiary/aromatic N) is 13. The minimum atomic E-state index is -0.499. The first kappa shape index (κ1) is 72.0. The molecule has 0 spiro atoms. The summed E-state index contributed by atoms with van der Waals surface area (Å²) in [5.74, 6) is 0.555. The van der Waals surface area contributed by atoms with E-state index in [-0.39, 0.29) is 73.5 Å². The molecule has 467 valence electrons. The summed E-state index contributed by atoms with van der Waals surface area (Å²) in [6.07, 6.45) is 13.9. The number of aryl methyl sites for hydroxylation is 3. The summed E-state index contributed by atoms with van der Waals surface area (Å²) in [6.45, 7) is 24.3. The molecule has 13 rings (SSSR count). The number of pyridine rings is 3. The minimum absolute atomic E-state index is 0. The van der Waals surface area contributed by atoms with Gasteiger partial charge < -0.3 is 41.6 Å². The third-order valence-corrected chi connectivity index (χ3v) is 17.7. The summed E-state index contributed by atoms with van der Waals surface area (Å²) in [7, 11) is 4.39. The van der Waals surface area contributed by atoms with Crippen LogP contribution in [0.1, 0.15) is 118 Å². The quantitative estimate of drug-likeness (QED) is 0.107. The van der Waals surface area contributed by atoms with E-state index >= 15 is 0 Å². The fraction of sp³-hybridized carbons (Fsp3) is 0.354. The Morgan fingerprint density at radius 3 is 1.25 bits per heavy atom. The van der Waals surface area contributed by atoms with Crippen molar-refractivity contribution in [3.63, 3.8) is 0 Å². The molecule has 3 aliphatic rings. The predicted octanol–water partition coefficient (Wildman–Crippen LogP) is 12.2. The van der Waals surface area contributed by atoms with Crippen LogP contribution >= 0.6 is 23.2 Å². The Bertz CT molecular complexity index is 4200. The van der Waals surface area contributed by atoms with Crippen LogP contribution in [0.15, 0.2) is 140 Å². The molecular weight excluding hydrogens is 1450 g/mol. The van der Waals surface area contributed by atoms with Crippen LogP contribution in [-0.4, -0.2) is 103 Å². The molecule has 11 heterocycles. The first-order valence-electron chi connectivity index (χ1n) is 29.0. The van der Waals surface area contributed by atoms with Gasteiger partial charge in [0.25, 0.3) is 0 Å². The van der Waals surface area contributed by atoms with Crippen molar-refractivity contribution in [2.45, 2.75) is 129 Å². The molecule has 3 saturated heterocycles. The molecule has 0 aliphatic carbocycles. The Morgan fingerprint density at radius 2 is 0.846 bits per heavy atom. The SMILES string of the molecule is CC1(C)OB(B2OC(C)(C)C(C)(C)O2)OC1(C)C.ClCc1ccc(-n2cccn2)cc1.Cn1ccc2nc(C#N)cc(B3OC(C)(C)C(C)(C)O3)c21.Cn1ccc2nc(C#N)cc(Cc3ccc(-n4cccn4)cc3)c21.Cn1ccc2nc(C#N)cc(Cl)c21.[3HH].[U].[V]. The van der Waals surface area contributed by atoms with E-state index in [2.05, 4.69) is 66.1 Å². The summed E-state index contributed by atoms with van der Waals surface area (Å²) in [6, 6.07) is 37.2. The van der Waals surface area contributed by atoms with Crippen LogP contribution in [-0.2, 0) is 79.9 Å². The fourth-order valence-electron chi connectivity index (χ4n) is 10.0. The van der Waals surface area contributed by atoms with Gasteiger partial charge in [0.2, 0.25) is 0 Å². The normalized spacial score (nSPS) is 16.7. The van der Waals surface area contributed by atoms with Gasteiger partial charge in [0, 0.05) is 127 Å². The monoisotopic (exact) mass is 1530 g/mol. The molecule has 19 nitrogen and oxygen atoms in total. The van der Waals surface area contributed by atoms with E-state index < -0.39 is 32.3 Å². The molecule has 3 aliphatic heterocycles. The van der Waals surface area contributed by atoms with Crippen molar-refractivity contribution in [3.8, 4) is 29.6 Å². The molecule has 2 aromatic carbocycles. The zero-order valence-electron chi connectivity index (χ0n) is 53.9. The van der Waals surface area contributed by atoms with Crippen molar-refractivity contribution in [2.75, 3.05) is 0 Å². The Morgan fingerprint density at radius 1 is 0.484 bits per heavy atom. The van der Waals surface area contributed by atoms with Crippen molar-refractivity contribution in [1.82, 2.24) is 48.2 Å². The molecule has 8 aromatic heterocycles. The van der Waals surface area contributed by atoms with Crippen molar-refractivity contribution in [1.29, 1.82) is 15.8 Å². The van der Waals surface area contributed by atoms with Crippen molar-refractivity contribution in [3.05, 3.63) is 179 Å². The molecule has 0 N–H and O–H groups in total. The number of aromatic nitrogens is 10. The number of hydrogen-bond donors (Lipinski definition) is 0. The Kier molecular flexibility index (Phi) is 22.8. The van der Waals surface area contributed by atoms with Gasteiger partial charge in [-0.1, -0.05) is 35.9 Å². The van der Waals surface area contributed by atoms with Crippen LogP contribution in [0.5, 0.6) is 0 Å². The van der Waals surface area contributed by atoms with E-state index in [1.807, 2.05) is 220 Å². The fourth-order valence-corrected chi connectivity index (χ4v) is 10.5. The van der Waals surface area contributed by atoms with E-state index in [4.69, 9.17) is 56.4 Å². The summed E-state index contributed by atoms with van der Waals surface area (Å²) >= 11 is 11.7. The molecule has 1 radical (unpaired) electrons. The number of fused-ring (bicyclic) bond motifs is 3. The topological polar surface area (TPSA) is 216 Å². The molecule has 0 unspecified atom stereocenters. The standard InChI is InChI=1S/C19H15N5.C15H18BN3O2.C12H24B2O4.C10H9ClN2.C9H6ClN3.U.V.H2/c1-23-10-7-18-19(23)15(12-16(13-20)22-18)11-14-3-5-17(6-4-14)24-9-2-8-21-24;1-14(2)15(3,4)21-16(20-14)11-8-10(9-17)18-12-6-7-19(5)13(11)12;1-9(2)10(3,4)16-13(15-9)14-17-11(5,6)12(7,8)18-14;11-8-9-2-4-10(5-3-9)13-7-1-6-12-13;1-13-3-2-8-9(13)7(10)4-6(5-11)12-8;;;/h2-10,12H,11H2,1H3;6-8H,1-5H3;1-8H3;1-7H,8H2;2-4H,1H3;;;1H/i;;;;;;;1+2. The van der Waals surface area contributed by atoms with Gasteiger partial charge in [0.05, 0.1) is 83.1 Å². The molecule has 26 heteroatoms. The average molecular weight is 1530 g/mol. The third kappa shape index (κ3) is 15.8. The van der Waals surface area contributed by atoms with Gasteiger partial charge in [-0.2, -0.15) is 26.0 Å². The number of nitriles is 3. The number of benzene rings is 2. The summed E-state index contributed by atoms with van der Waals surface area (Å²) < 4.78 is 45.6. The Labute approximate surface area is 580 Å². The first-order chi connectivity index (χ1) is 42.0. The molecule has 0 amide bonds. The molecule has 0 atom stereocenters. The molecule has 91 heavy (non-hydrogen) atoms. The van der Waals surface area contributed by atoms with Gasteiger partial charge in [-0.15, -0.1) is 11.6 Å². The molecule has 0 bridgehead atoms. The average Bonchev–Trinajstić information content (AvgIpc) is 1.60. The summed E-state index contributed by atoms with van der Waals surface area (Å²) in [4.78, 5) is 12.8. The second-order valence-electron chi connectivity index (χ2n) is 25.0. The zero-order valence-corrected chi connectivity index (χ0v) is 61.0. The number of rotatable bonds is 7. The molecular formula is C65H74B3Cl2N13O6UV. The van der Waals surface area contributed by atoms with E-state index in [1.165, 1.54) is 5.56 Å². The van der Waals surface area contributed by atoms with E-state index in [0.29, 0.717) is 28.0 Å². The largest absolute Gasteiger partial charge is 0.497 e. The van der Waals surface area contributed by atoms with Crippen LogP contribution in [0.4, 0.5) is 0 Å². The smallest absolute Gasteiger partial charge is 0.405 e. The van der Waals surface area contributed by atoms with Crippen LogP contribution in [0.25, 0.3) is 44.5 Å². The van der Waals surface area contributed by atoms with Crippen LogP contribution in [0.3, 0.4) is 0 Å². The molecule has 0 saturated carbocycles. The first-order valence-corrected chi connectivity index (χ1v) is 29.9. The number of halogens is 2. The maximum Gasteiger partial charge on any atom is 0.497 e. The predicted molar refractivity (Wildman–Crippen MR) is 351 cm³/mol. The molecule has 10 aromatic rings. The van der Waals surface area contributed by atoms with Gasteiger partial charge in [-0.25, -0.2) is 24.3 Å². The van der Waals surface area contributed by atoms with Crippen LogP contribution < -0.4 is 5.46 Å². The Balaban J connectivity index is 0.000000185. The van der Waals surface area contributed by atoms with Gasteiger partial charge in [-0.3, -0.25) is 0 Å². The number of alkyl halides is 1. The number of hydrogen-bond acceptors (Lipinski definition) is 14. The van der Waals surface area contributed by atoms with Gasteiger partial charge in [0.1, 0.15) is 35.3 Å². The minimum Gasteiger partial charge on any atom is -0.405 e. The van der Waals surface area contributed by atoms with Gasteiger partial charge in [0.15, 0.2) is 0 Å². The van der Waals surface area contributed by atoms with Crippen LogP contribution in [0, 0.1) is 65.1 Å². The summed E-state index contributed by atoms with van der Waals surface area (Å²) in [5, 5.41) is 36.0. The second-order valence-corrected chi connectivity index (χ2v) is 25.6. The van der Waals surface area contributed by atoms with Crippen molar-refractivity contribution in [2.24, 2.45) is 21.1 Å². The Hall–Kier alpha value is -6.43. The summed E-state index contributed by atoms with van der Waals surface area (Å²) in [5.41, 5.74) is 10.5. The second kappa shape index (κ2) is 28.8. The maximum atomic E-state index is 9.21. The van der Waals surface area contributed by atoms with Gasteiger partial charge >= 0.3 is 21.1 Å². The van der Waals surface area contributed by atoms with Crippen molar-refractivity contribution >= 4 is 82.9 Å². The van der Waals surface area contributed by atoms with E-state index in [1.54, 1.807) is 24.5 Å². The maximum absolute atomic E-state index is 9.21.